The number of carbonyl (C=O) groups is 1. The van der Waals surface area contributed by atoms with E-state index < -0.39 is 0 Å². The Labute approximate surface area is 130 Å². The molecule has 0 radical (unpaired) electrons. The molecule has 7 nitrogen and oxygen atoms in total. The van der Waals surface area contributed by atoms with Crippen molar-refractivity contribution >= 4 is 22.5 Å². The molecule has 3 aromatic rings. The molecule has 0 aliphatic rings. The van der Waals surface area contributed by atoms with Gasteiger partial charge in [0.05, 0.1) is 10.9 Å². The van der Waals surface area contributed by atoms with Crippen LogP contribution in [-0.2, 0) is 0 Å². The smallest absolute Gasteiger partial charge is 0.321 e. The first kappa shape index (κ1) is 14.2. The van der Waals surface area contributed by atoms with Gasteiger partial charge in [0.1, 0.15) is 12.2 Å². The van der Waals surface area contributed by atoms with E-state index in [-0.39, 0.29) is 12.1 Å². The average molecular weight is 314 g/mol. The van der Waals surface area contributed by atoms with Gasteiger partial charge in [0, 0.05) is 6.20 Å². The molecule has 0 saturated heterocycles. The van der Waals surface area contributed by atoms with E-state index in [0.717, 1.165) is 10.4 Å². The van der Waals surface area contributed by atoms with Crippen LogP contribution in [0.5, 0.6) is 0 Å². The zero-order valence-electron chi connectivity index (χ0n) is 11.8. The molecular weight excluding hydrogens is 300 g/mol. The van der Waals surface area contributed by atoms with Gasteiger partial charge in [-0.3, -0.25) is 10.4 Å². The molecule has 3 rings (SSSR count). The van der Waals surface area contributed by atoms with Crippen LogP contribution >= 0.6 is 11.3 Å². The number of thiazole rings is 1. The predicted octanol–water partition coefficient (Wildman–Crippen LogP) is 2.81. The fraction of sp³-hybridized carbons (Fsp3) is 0.143. The number of anilines is 1. The molecule has 2 amide bonds. The molecule has 1 aromatic carbocycles. The van der Waals surface area contributed by atoms with Gasteiger partial charge in [-0.1, -0.05) is 41.7 Å². The number of benzene rings is 1. The van der Waals surface area contributed by atoms with Gasteiger partial charge in [-0.2, -0.15) is 5.10 Å². The van der Waals surface area contributed by atoms with Crippen molar-refractivity contribution in [1.82, 2.24) is 25.5 Å². The second kappa shape index (κ2) is 6.35. The average Bonchev–Trinajstić information content (AvgIpc) is 3.19. The SMILES string of the molecule is CC(NC(=O)Nc1ncc(-c2ccccc2)s1)c1ncn[nH]1. The zero-order chi connectivity index (χ0) is 15.4. The monoisotopic (exact) mass is 314 g/mol. The Morgan fingerprint density at radius 3 is 2.82 bits per heavy atom. The molecule has 2 aromatic heterocycles. The van der Waals surface area contributed by atoms with Crippen molar-refractivity contribution in [3.05, 3.63) is 48.7 Å². The number of H-pyrrole nitrogens is 1. The summed E-state index contributed by atoms with van der Waals surface area (Å²) in [7, 11) is 0. The maximum Gasteiger partial charge on any atom is 0.321 e. The summed E-state index contributed by atoms with van der Waals surface area (Å²) in [6, 6.07) is 9.30. The molecule has 8 heteroatoms. The van der Waals surface area contributed by atoms with Gasteiger partial charge >= 0.3 is 6.03 Å². The standard InChI is InChI=1S/C14H14N6OS/c1-9(12-16-8-17-20-12)18-13(21)19-14-15-7-11(22-14)10-5-3-2-4-6-10/h2-9H,1H3,(H,16,17,20)(H2,15,18,19,21). The van der Waals surface area contributed by atoms with Crippen molar-refractivity contribution in [2.24, 2.45) is 0 Å². The van der Waals surface area contributed by atoms with Gasteiger partial charge in [-0.15, -0.1) is 0 Å². The maximum absolute atomic E-state index is 11.9. The van der Waals surface area contributed by atoms with Crippen LogP contribution in [-0.4, -0.2) is 26.2 Å². The van der Waals surface area contributed by atoms with Gasteiger partial charge < -0.3 is 5.32 Å². The Morgan fingerprint density at radius 2 is 2.09 bits per heavy atom. The van der Waals surface area contributed by atoms with Gasteiger partial charge in [-0.25, -0.2) is 14.8 Å². The number of aromatic amines is 1. The van der Waals surface area contributed by atoms with Crippen molar-refractivity contribution in [2.75, 3.05) is 5.32 Å². The second-order valence-corrected chi connectivity index (χ2v) is 5.62. The molecule has 2 heterocycles. The molecule has 0 bridgehead atoms. The lowest BCUT2D eigenvalue weighted by molar-refractivity contribution is 0.249. The number of hydrogen-bond donors (Lipinski definition) is 3. The van der Waals surface area contributed by atoms with Crippen LogP contribution in [0.25, 0.3) is 10.4 Å². The number of hydrogen-bond acceptors (Lipinski definition) is 5. The van der Waals surface area contributed by atoms with E-state index in [0.29, 0.717) is 11.0 Å². The lowest BCUT2D eigenvalue weighted by Gasteiger charge is -2.10. The topological polar surface area (TPSA) is 95.6 Å². The van der Waals surface area contributed by atoms with Crippen LogP contribution in [0, 0.1) is 0 Å². The largest absolute Gasteiger partial charge is 0.328 e. The minimum Gasteiger partial charge on any atom is -0.328 e. The Bertz CT molecular complexity index is 740. The molecule has 1 atom stereocenters. The van der Waals surface area contributed by atoms with Crippen LogP contribution in [0.2, 0.25) is 0 Å². The third-order valence-electron chi connectivity index (χ3n) is 2.98. The highest BCUT2D eigenvalue weighted by Crippen LogP contribution is 2.28. The molecule has 3 N–H and O–H groups in total. The van der Waals surface area contributed by atoms with E-state index in [1.54, 1.807) is 6.20 Å². The number of rotatable bonds is 4. The summed E-state index contributed by atoms with van der Waals surface area (Å²) in [5.74, 6) is 0.597. The van der Waals surface area contributed by atoms with Crippen LogP contribution in [0.15, 0.2) is 42.9 Å². The summed E-state index contributed by atoms with van der Waals surface area (Å²) < 4.78 is 0. The first-order chi connectivity index (χ1) is 10.7. The van der Waals surface area contributed by atoms with E-state index >= 15 is 0 Å². The lowest BCUT2D eigenvalue weighted by atomic mass is 10.2. The quantitative estimate of drug-likeness (QED) is 0.690. The molecule has 0 aliphatic heterocycles. The minimum atomic E-state index is -0.335. The van der Waals surface area contributed by atoms with Crippen LogP contribution in [0.3, 0.4) is 0 Å². The Balaban J connectivity index is 1.62. The van der Waals surface area contributed by atoms with E-state index in [9.17, 15) is 4.79 Å². The van der Waals surface area contributed by atoms with Crippen molar-refractivity contribution < 1.29 is 4.79 Å². The fourth-order valence-electron chi connectivity index (χ4n) is 1.89. The van der Waals surface area contributed by atoms with Crippen molar-refractivity contribution in [2.45, 2.75) is 13.0 Å². The third kappa shape index (κ3) is 3.29. The highest BCUT2D eigenvalue weighted by Gasteiger charge is 2.13. The molecule has 0 fully saturated rings. The highest BCUT2D eigenvalue weighted by atomic mass is 32.1. The van der Waals surface area contributed by atoms with Crippen molar-refractivity contribution in [3.63, 3.8) is 0 Å². The van der Waals surface area contributed by atoms with Gasteiger partial charge in [0.15, 0.2) is 5.13 Å². The fourth-order valence-corrected chi connectivity index (χ4v) is 2.71. The molecule has 0 spiro atoms. The molecule has 0 aliphatic carbocycles. The highest BCUT2D eigenvalue weighted by molar-refractivity contribution is 7.19. The number of amides is 2. The van der Waals surface area contributed by atoms with Crippen LogP contribution in [0.4, 0.5) is 9.93 Å². The van der Waals surface area contributed by atoms with Crippen molar-refractivity contribution in [1.29, 1.82) is 0 Å². The Morgan fingerprint density at radius 1 is 1.27 bits per heavy atom. The summed E-state index contributed by atoms with van der Waals surface area (Å²) in [5, 5.41) is 12.5. The van der Waals surface area contributed by atoms with Gasteiger partial charge in [-0.05, 0) is 12.5 Å². The number of carbonyl (C=O) groups excluding carboxylic acids is 1. The second-order valence-electron chi connectivity index (χ2n) is 4.59. The van der Waals surface area contributed by atoms with E-state index in [4.69, 9.17) is 0 Å². The van der Waals surface area contributed by atoms with Crippen LogP contribution < -0.4 is 10.6 Å². The predicted molar refractivity (Wildman–Crippen MR) is 84.5 cm³/mol. The van der Waals surface area contributed by atoms with E-state index in [2.05, 4.69) is 30.8 Å². The Kier molecular flexibility index (Phi) is 4.10. The summed E-state index contributed by atoms with van der Waals surface area (Å²) in [6.45, 7) is 1.82. The summed E-state index contributed by atoms with van der Waals surface area (Å²) in [4.78, 5) is 21.2. The molecular formula is C14H14N6OS. The first-order valence-electron chi connectivity index (χ1n) is 6.66. The minimum absolute atomic E-state index is 0.268. The van der Waals surface area contributed by atoms with Gasteiger partial charge in [0.25, 0.3) is 0 Å². The third-order valence-corrected chi connectivity index (χ3v) is 3.94. The number of nitrogens with zero attached hydrogens (tertiary/aromatic N) is 3. The zero-order valence-corrected chi connectivity index (χ0v) is 12.6. The number of aromatic nitrogens is 4. The van der Waals surface area contributed by atoms with E-state index in [1.807, 2.05) is 37.3 Å². The summed E-state index contributed by atoms with van der Waals surface area (Å²) in [5.41, 5.74) is 1.07. The molecule has 1 unspecified atom stereocenters. The lowest BCUT2D eigenvalue weighted by Crippen LogP contribution is -2.31. The number of nitrogens with one attached hydrogen (secondary N) is 3. The maximum atomic E-state index is 11.9. The Hall–Kier alpha value is -2.74. The first-order valence-corrected chi connectivity index (χ1v) is 7.48. The summed E-state index contributed by atoms with van der Waals surface area (Å²) >= 11 is 1.42. The van der Waals surface area contributed by atoms with Crippen molar-refractivity contribution in [3.8, 4) is 10.4 Å². The summed E-state index contributed by atoms with van der Waals surface area (Å²) in [6.07, 6.45) is 3.15. The number of urea groups is 1. The molecule has 112 valence electrons. The normalized spacial score (nSPS) is 11.9. The molecule has 0 saturated carbocycles. The van der Waals surface area contributed by atoms with Gasteiger partial charge in [0.2, 0.25) is 0 Å². The van der Waals surface area contributed by atoms with E-state index in [1.165, 1.54) is 17.7 Å². The molecule has 22 heavy (non-hydrogen) atoms. The van der Waals surface area contributed by atoms with Crippen LogP contribution in [0.1, 0.15) is 18.8 Å².